The van der Waals surface area contributed by atoms with E-state index >= 15 is 0 Å². The van der Waals surface area contributed by atoms with Gasteiger partial charge in [0.15, 0.2) is 0 Å². The largest absolute Gasteiger partial charge is 0.481 e. The first kappa shape index (κ1) is 26.9. The molecule has 0 radical (unpaired) electrons. The summed E-state index contributed by atoms with van der Waals surface area (Å²) in [6, 6.07) is 0. The van der Waals surface area contributed by atoms with Crippen molar-refractivity contribution in [2.75, 3.05) is 0 Å². The highest BCUT2D eigenvalue weighted by atomic mass is 16.4. The van der Waals surface area contributed by atoms with Crippen molar-refractivity contribution in [3.63, 3.8) is 0 Å². The van der Waals surface area contributed by atoms with Crippen LogP contribution >= 0.6 is 0 Å². The van der Waals surface area contributed by atoms with E-state index in [4.69, 9.17) is 5.11 Å². The van der Waals surface area contributed by atoms with Crippen molar-refractivity contribution in [3.8, 4) is 0 Å². The van der Waals surface area contributed by atoms with Crippen LogP contribution in [0.4, 0.5) is 0 Å². The zero-order valence-electron chi connectivity index (χ0n) is 17.3. The second-order valence-electron chi connectivity index (χ2n) is 7.68. The number of hydrogen-bond donors (Lipinski definition) is 4. The Kier molecular flexibility index (Phi) is 14.6. The fourth-order valence-electron chi connectivity index (χ4n) is 3.67. The number of carboxylic acids is 4. The van der Waals surface area contributed by atoms with Crippen molar-refractivity contribution >= 4 is 23.9 Å². The van der Waals surface area contributed by atoms with Crippen LogP contribution in [0.1, 0.15) is 90.4 Å². The molecule has 0 aromatic carbocycles. The summed E-state index contributed by atoms with van der Waals surface area (Å²) in [7, 11) is 0. The minimum atomic E-state index is -1.78. The maximum atomic E-state index is 11.6. The molecule has 0 aliphatic heterocycles. The lowest BCUT2D eigenvalue weighted by Crippen LogP contribution is -2.40. The minimum Gasteiger partial charge on any atom is -0.481 e. The second-order valence-corrected chi connectivity index (χ2v) is 7.68. The molecule has 3 atom stereocenters. The van der Waals surface area contributed by atoms with Gasteiger partial charge in [0.1, 0.15) is 0 Å². The van der Waals surface area contributed by atoms with E-state index in [0.29, 0.717) is 6.42 Å². The normalized spacial score (nSPS) is 14.1. The van der Waals surface area contributed by atoms with Crippen LogP contribution in [0.2, 0.25) is 0 Å². The number of hydrogen-bond acceptors (Lipinski definition) is 4. The van der Waals surface area contributed by atoms with E-state index in [1.54, 1.807) is 0 Å². The van der Waals surface area contributed by atoms with Crippen LogP contribution in [0.3, 0.4) is 0 Å². The topological polar surface area (TPSA) is 149 Å². The van der Waals surface area contributed by atoms with Gasteiger partial charge in [-0.15, -0.1) is 0 Å². The molecule has 0 aliphatic rings. The van der Waals surface area contributed by atoms with Gasteiger partial charge in [-0.05, 0) is 6.42 Å². The van der Waals surface area contributed by atoms with E-state index in [9.17, 15) is 34.5 Å². The Labute approximate surface area is 172 Å². The third kappa shape index (κ3) is 12.1. The predicted octanol–water partition coefficient (Wildman–Crippen LogP) is 4.26. The molecule has 0 aromatic heterocycles. The van der Waals surface area contributed by atoms with Gasteiger partial charge in [-0.1, -0.05) is 77.6 Å². The molecule has 0 saturated heterocycles. The van der Waals surface area contributed by atoms with E-state index in [1.165, 1.54) is 38.5 Å². The van der Waals surface area contributed by atoms with Gasteiger partial charge in [0.25, 0.3) is 0 Å². The number of carbonyl (C=O) groups is 4. The molecule has 0 bridgehead atoms. The van der Waals surface area contributed by atoms with Crippen LogP contribution in [-0.4, -0.2) is 44.3 Å². The molecule has 168 valence electrons. The fraction of sp³-hybridized carbons (Fsp3) is 0.810. The van der Waals surface area contributed by atoms with Crippen molar-refractivity contribution in [2.24, 2.45) is 17.8 Å². The Morgan fingerprint density at radius 1 is 0.586 bits per heavy atom. The van der Waals surface area contributed by atoms with Crippen LogP contribution < -0.4 is 0 Å². The lowest BCUT2D eigenvalue weighted by Gasteiger charge is -2.25. The Morgan fingerprint density at radius 3 is 1.34 bits per heavy atom. The Balaban J connectivity index is 4.47. The van der Waals surface area contributed by atoms with E-state index < -0.39 is 48.1 Å². The van der Waals surface area contributed by atoms with Gasteiger partial charge in [0.05, 0.1) is 24.2 Å². The van der Waals surface area contributed by atoms with E-state index in [2.05, 4.69) is 6.92 Å². The first-order valence-corrected chi connectivity index (χ1v) is 10.6. The van der Waals surface area contributed by atoms with Crippen LogP contribution in [0.15, 0.2) is 0 Å². The van der Waals surface area contributed by atoms with Crippen molar-refractivity contribution < 1.29 is 39.6 Å². The summed E-state index contributed by atoms with van der Waals surface area (Å²) < 4.78 is 0. The molecule has 0 saturated carbocycles. The molecule has 29 heavy (non-hydrogen) atoms. The summed E-state index contributed by atoms with van der Waals surface area (Å²) in [5.41, 5.74) is 0. The monoisotopic (exact) mass is 416 g/mol. The molecule has 0 heterocycles. The zero-order chi connectivity index (χ0) is 22.2. The van der Waals surface area contributed by atoms with Gasteiger partial charge < -0.3 is 20.4 Å². The molecule has 0 aromatic rings. The third-order valence-corrected chi connectivity index (χ3v) is 5.30. The van der Waals surface area contributed by atoms with Crippen molar-refractivity contribution in [2.45, 2.75) is 90.4 Å². The number of unbranched alkanes of at least 4 members (excludes halogenated alkanes) is 10. The predicted molar refractivity (Wildman–Crippen MR) is 107 cm³/mol. The SMILES string of the molecule is CCCCCCCCCCCCCC(C(=O)O)C(C(=O)O)C(CC(=O)O)C(=O)O. The lowest BCUT2D eigenvalue weighted by molar-refractivity contribution is -0.164. The van der Waals surface area contributed by atoms with Gasteiger partial charge in [0, 0.05) is 0 Å². The van der Waals surface area contributed by atoms with Gasteiger partial charge in [-0.2, -0.15) is 0 Å². The van der Waals surface area contributed by atoms with E-state index in [0.717, 1.165) is 25.7 Å². The molecule has 0 amide bonds. The summed E-state index contributed by atoms with van der Waals surface area (Å²) in [6.07, 6.45) is 10.8. The molecule has 0 rings (SSSR count). The molecule has 8 nitrogen and oxygen atoms in total. The summed E-state index contributed by atoms with van der Waals surface area (Å²) in [6.45, 7) is 2.18. The summed E-state index contributed by atoms with van der Waals surface area (Å²) in [4.78, 5) is 45.4. The van der Waals surface area contributed by atoms with Gasteiger partial charge in [0.2, 0.25) is 0 Å². The summed E-state index contributed by atoms with van der Waals surface area (Å²) in [5, 5.41) is 36.9. The average Bonchev–Trinajstić information content (AvgIpc) is 2.63. The molecule has 3 unspecified atom stereocenters. The van der Waals surface area contributed by atoms with E-state index in [-0.39, 0.29) is 6.42 Å². The quantitative estimate of drug-likeness (QED) is 0.228. The highest BCUT2D eigenvalue weighted by molar-refractivity contribution is 5.87. The third-order valence-electron chi connectivity index (χ3n) is 5.30. The van der Waals surface area contributed by atoms with Gasteiger partial charge >= 0.3 is 23.9 Å². The second kappa shape index (κ2) is 15.8. The van der Waals surface area contributed by atoms with Gasteiger partial charge in [-0.25, -0.2) is 0 Å². The maximum Gasteiger partial charge on any atom is 0.308 e. The van der Waals surface area contributed by atoms with Crippen LogP contribution in [-0.2, 0) is 19.2 Å². The Morgan fingerprint density at radius 2 is 1.00 bits per heavy atom. The minimum absolute atomic E-state index is 0.0206. The first-order valence-electron chi connectivity index (χ1n) is 10.6. The highest BCUT2D eigenvalue weighted by Gasteiger charge is 2.43. The van der Waals surface area contributed by atoms with Gasteiger partial charge in [-0.3, -0.25) is 19.2 Å². The Hall–Kier alpha value is -2.12. The molecular weight excluding hydrogens is 380 g/mol. The van der Waals surface area contributed by atoms with Crippen LogP contribution in [0.5, 0.6) is 0 Å². The number of rotatable bonds is 19. The van der Waals surface area contributed by atoms with Crippen molar-refractivity contribution in [1.29, 1.82) is 0 Å². The maximum absolute atomic E-state index is 11.6. The standard InChI is InChI=1S/C21H36O8/c1-2-3-4-5-6-7-8-9-10-11-12-13-15(19(24)25)18(21(28)29)16(20(26)27)14-17(22)23/h15-16,18H,2-14H2,1H3,(H,22,23)(H,24,25)(H,26,27)(H,28,29). The molecular formula is C21H36O8. The smallest absolute Gasteiger partial charge is 0.308 e. The Bertz CT molecular complexity index is 517. The molecule has 0 spiro atoms. The van der Waals surface area contributed by atoms with Crippen molar-refractivity contribution in [1.82, 2.24) is 0 Å². The highest BCUT2D eigenvalue weighted by Crippen LogP contribution is 2.30. The molecule has 4 N–H and O–H groups in total. The lowest BCUT2D eigenvalue weighted by atomic mass is 9.77. The molecule has 8 heteroatoms. The molecule has 0 fully saturated rings. The summed E-state index contributed by atoms with van der Waals surface area (Å²) >= 11 is 0. The van der Waals surface area contributed by atoms with Crippen LogP contribution in [0.25, 0.3) is 0 Å². The first-order chi connectivity index (χ1) is 13.7. The number of aliphatic carboxylic acids is 4. The summed E-state index contributed by atoms with van der Waals surface area (Å²) in [5.74, 6) is -11.0. The van der Waals surface area contributed by atoms with E-state index in [1.807, 2.05) is 0 Å². The fourth-order valence-corrected chi connectivity index (χ4v) is 3.67. The van der Waals surface area contributed by atoms with Crippen LogP contribution in [0, 0.1) is 17.8 Å². The average molecular weight is 417 g/mol. The van der Waals surface area contributed by atoms with Crippen molar-refractivity contribution in [3.05, 3.63) is 0 Å². The zero-order valence-corrected chi connectivity index (χ0v) is 17.3. The molecule has 0 aliphatic carbocycles. The number of carboxylic acid groups (broad SMARTS) is 4.